The molecular weight excluding hydrogens is 345 g/mol. The first-order valence-corrected chi connectivity index (χ1v) is 7.39. The van der Waals surface area contributed by atoms with E-state index in [0.29, 0.717) is 17.7 Å². The third-order valence-electron chi connectivity index (χ3n) is 3.44. The summed E-state index contributed by atoms with van der Waals surface area (Å²) >= 11 is 9.23. The number of benzene rings is 2. The van der Waals surface area contributed by atoms with E-state index < -0.39 is 11.9 Å². The first-order valence-electron chi connectivity index (χ1n) is 6.22. The van der Waals surface area contributed by atoms with Gasteiger partial charge in [0.15, 0.2) is 0 Å². The fourth-order valence-corrected chi connectivity index (χ4v) is 3.00. The Morgan fingerprint density at radius 1 is 1.25 bits per heavy atom. The Hall–Kier alpha value is -1.10. The SMILES string of the molecule is NC1CC(c2cccc(Cl)c2F)Oc2ccc(Br)cc21. The van der Waals surface area contributed by atoms with Gasteiger partial charge in [-0.05, 0) is 24.3 Å². The van der Waals surface area contributed by atoms with Crippen LogP contribution in [0.25, 0.3) is 0 Å². The normalized spacial score (nSPS) is 21.2. The molecule has 104 valence electrons. The summed E-state index contributed by atoms with van der Waals surface area (Å²) in [5.74, 6) is 0.253. The number of fused-ring (bicyclic) bond motifs is 1. The van der Waals surface area contributed by atoms with Crippen molar-refractivity contribution in [2.24, 2.45) is 5.73 Å². The highest BCUT2D eigenvalue weighted by Crippen LogP contribution is 2.41. The Bertz CT molecular complexity index is 664. The van der Waals surface area contributed by atoms with Gasteiger partial charge in [0.2, 0.25) is 0 Å². The van der Waals surface area contributed by atoms with Crippen LogP contribution in [-0.4, -0.2) is 0 Å². The second-order valence-corrected chi connectivity index (χ2v) is 6.10. The zero-order valence-electron chi connectivity index (χ0n) is 10.4. The topological polar surface area (TPSA) is 35.2 Å². The van der Waals surface area contributed by atoms with Crippen molar-refractivity contribution < 1.29 is 9.13 Å². The maximum atomic E-state index is 14.1. The van der Waals surface area contributed by atoms with Crippen LogP contribution in [0, 0.1) is 5.82 Å². The lowest BCUT2D eigenvalue weighted by Crippen LogP contribution is -2.24. The molecule has 0 amide bonds. The number of ether oxygens (including phenoxy) is 1. The molecule has 1 heterocycles. The van der Waals surface area contributed by atoms with Crippen LogP contribution >= 0.6 is 27.5 Å². The molecule has 5 heteroatoms. The quantitative estimate of drug-likeness (QED) is 0.799. The summed E-state index contributed by atoms with van der Waals surface area (Å²) in [7, 11) is 0. The summed E-state index contributed by atoms with van der Waals surface area (Å²) < 4.78 is 20.9. The van der Waals surface area contributed by atoms with Crippen LogP contribution in [0.15, 0.2) is 40.9 Å². The van der Waals surface area contributed by atoms with Crippen molar-refractivity contribution in [1.82, 2.24) is 0 Å². The lowest BCUT2D eigenvalue weighted by atomic mass is 9.93. The van der Waals surface area contributed by atoms with Crippen LogP contribution in [0.3, 0.4) is 0 Å². The van der Waals surface area contributed by atoms with Crippen LogP contribution in [0.5, 0.6) is 5.75 Å². The Morgan fingerprint density at radius 2 is 2.05 bits per heavy atom. The van der Waals surface area contributed by atoms with Gasteiger partial charge in [-0.15, -0.1) is 0 Å². The van der Waals surface area contributed by atoms with E-state index in [9.17, 15) is 4.39 Å². The first-order chi connectivity index (χ1) is 9.56. The lowest BCUT2D eigenvalue weighted by Gasteiger charge is -2.31. The number of rotatable bonds is 1. The molecule has 2 unspecified atom stereocenters. The van der Waals surface area contributed by atoms with Gasteiger partial charge in [0, 0.05) is 28.1 Å². The van der Waals surface area contributed by atoms with Gasteiger partial charge in [-0.1, -0.05) is 39.7 Å². The summed E-state index contributed by atoms with van der Waals surface area (Å²) in [4.78, 5) is 0. The van der Waals surface area contributed by atoms with E-state index in [2.05, 4.69) is 15.9 Å². The second-order valence-electron chi connectivity index (χ2n) is 4.77. The molecule has 0 fully saturated rings. The molecule has 0 spiro atoms. The van der Waals surface area contributed by atoms with Crippen LogP contribution in [0.1, 0.15) is 29.7 Å². The van der Waals surface area contributed by atoms with Crippen LogP contribution in [0.2, 0.25) is 5.02 Å². The van der Waals surface area contributed by atoms with Crippen LogP contribution < -0.4 is 10.5 Å². The van der Waals surface area contributed by atoms with Crippen LogP contribution in [0.4, 0.5) is 4.39 Å². The fourth-order valence-electron chi connectivity index (χ4n) is 2.43. The van der Waals surface area contributed by atoms with E-state index in [4.69, 9.17) is 22.1 Å². The molecule has 0 saturated carbocycles. The molecule has 2 nitrogen and oxygen atoms in total. The average Bonchev–Trinajstić information content (AvgIpc) is 2.42. The van der Waals surface area contributed by atoms with Crippen LogP contribution in [-0.2, 0) is 0 Å². The predicted molar refractivity (Wildman–Crippen MR) is 80.5 cm³/mol. The summed E-state index contributed by atoms with van der Waals surface area (Å²) in [5, 5.41) is 0.0984. The lowest BCUT2D eigenvalue weighted by molar-refractivity contribution is 0.157. The second kappa shape index (κ2) is 5.35. The minimum Gasteiger partial charge on any atom is -0.485 e. The highest BCUT2D eigenvalue weighted by molar-refractivity contribution is 9.10. The Morgan fingerprint density at radius 3 is 2.85 bits per heavy atom. The minimum atomic E-state index is -0.438. The van der Waals surface area contributed by atoms with Gasteiger partial charge in [-0.3, -0.25) is 0 Å². The molecule has 2 atom stereocenters. The molecule has 0 aromatic heterocycles. The van der Waals surface area contributed by atoms with E-state index in [0.717, 1.165) is 10.0 Å². The van der Waals surface area contributed by atoms with E-state index in [1.165, 1.54) is 6.07 Å². The van der Waals surface area contributed by atoms with Crippen molar-refractivity contribution in [3.63, 3.8) is 0 Å². The average molecular weight is 357 g/mol. The highest BCUT2D eigenvalue weighted by Gasteiger charge is 2.29. The zero-order chi connectivity index (χ0) is 14.3. The first kappa shape index (κ1) is 13.9. The molecule has 1 aliphatic rings. The predicted octanol–water partition coefficient (Wildman–Crippen LogP) is 4.77. The van der Waals surface area contributed by atoms with E-state index in [1.54, 1.807) is 12.1 Å². The fraction of sp³-hybridized carbons (Fsp3) is 0.200. The molecule has 0 radical (unpaired) electrons. The molecule has 2 N–H and O–H groups in total. The number of nitrogens with two attached hydrogens (primary N) is 1. The van der Waals surface area contributed by atoms with Crippen molar-refractivity contribution in [3.05, 3.63) is 62.8 Å². The highest BCUT2D eigenvalue weighted by atomic mass is 79.9. The smallest absolute Gasteiger partial charge is 0.148 e. The molecule has 2 aromatic rings. The number of halogens is 3. The summed E-state index contributed by atoms with van der Waals surface area (Å²) in [5.41, 5.74) is 7.55. The van der Waals surface area contributed by atoms with Crippen molar-refractivity contribution >= 4 is 27.5 Å². The zero-order valence-corrected chi connectivity index (χ0v) is 12.8. The van der Waals surface area contributed by atoms with E-state index in [-0.39, 0.29) is 11.1 Å². The number of hydrogen-bond donors (Lipinski definition) is 1. The Balaban J connectivity index is 1.99. The summed E-state index contributed by atoms with van der Waals surface area (Å²) in [6.07, 6.45) is 0.0955. The van der Waals surface area contributed by atoms with E-state index >= 15 is 0 Å². The molecule has 3 rings (SSSR count). The van der Waals surface area contributed by atoms with Gasteiger partial charge < -0.3 is 10.5 Å². The van der Waals surface area contributed by atoms with Crippen molar-refractivity contribution in [2.75, 3.05) is 0 Å². The van der Waals surface area contributed by atoms with Crippen molar-refractivity contribution in [1.29, 1.82) is 0 Å². The molecule has 0 saturated heterocycles. The third-order valence-corrected chi connectivity index (χ3v) is 4.22. The molecule has 1 aliphatic heterocycles. The maximum absolute atomic E-state index is 14.1. The Labute approximate surface area is 129 Å². The Kier molecular flexibility index (Phi) is 3.71. The standard InChI is InChI=1S/C15H12BrClFNO/c16-8-4-5-13-10(6-8)12(19)7-14(20-13)9-2-1-3-11(17)15(9)18/h1-6,12,14H,7,19H2. The van der Waals surface area contributed by atoms with Gasteiger partial charge in [0.25, 0.3) is 0 Å². The third kappa shape index (κ3) is 2.43. The maximum Gasteiger partial charge on any atom is 0.148 e. The molecule has 0 bridgehead atoms. The monoisotopic (exact) mass is 355 g/mol. The van der Waals surface area contributed by atoms with Crippen molar-refractivity contribution in [3.8, 4) is 5.75 Å². The van der Waals surface area contributed by atoms with Gasteiger partial charge in [-0.25, -0.2) is 4.39 Å². The van der Waals surface area contributed by atoms with Gasteiger partial charge in [0.1, 0.15) is 17.7 Å². The number of hydrogen-bond acceptors (Lipinski definition) is 2. The van der Waals surface area contributed by atoms with Crippen molar-refractivity contribution in [2.45, 2.75) is 18.6 Å². The van der Waals surface area contributed by atoms with Gasteiger partial charge in [-0.2, -0.15) is 0 Å². The van der Waals surface area contributed by atoms with E-state index in [1.807, 2.05) is 18.2 Å². The molecule has 20 heavy (non-hydrogen) atoms. The molecular formula is C15H12BrClFNO. The molecule has 2 aromatic carbocycles. The summed E-state index contributed by atoms with van der Waals surface area (Å²) in [6, 6.07) is 10.4. The summed E-state index contributed by atoms with van der Waals surface area (Å²) in [6.45, 7) is 0. The largest absolute Gasteiger partial charge is 0.485 e. The van der Waals surface area contributed by atoms with Gasteiger partial charge >= 0.3 is 0 Å². The minimum absolute atomic E-state index is 0.0984. The molecule has 0 aliphatic carbocycles. The van der Waals surface area contributed by atoms with Gasteiger partial charge in [0.05, 0.1) is 5.02 Å².